The summed E-state index contributed by atoms with van der Waals surface area (Å²) < 4.78 is 9.24. The highest BCUT2D eigenvalue weighted by atomic mass is 16.3. The van der Waals surface area contributed by atoms with E-state index in [9.17, 15) is 0 Å². The Kier molecular flexibility index (Phi) is 4.67. The number of nitrogens with zero attached hydrogens (tertiary/aromatic N) is 8. The van der Waals surface area contributed by atoms with Gasteiger partial charge in [0.15, 0.2) is 11.5 Å². The second kappa shape index (κ2) is 7.70. The molecule has 10 heteroatoms. The average molecular weight is 434 g/mol. The van der Waals surface area contributed by atoms with E-state index in [-0.39, 0.29) is 5.95 Å². The van der Waals surface area contributed by atoms with Gasteiger partial charge in [0, 0.05) is 49.8 Å². The van der Waals surface area contributed by atoms with Gasteiger partial charge in [-0.15, -0.1) is 5.10 Å². The van der Waals surface area contributed by atoms with E-state index < -0.39 is 0 Å². The van der Waals surface area contributed by atoms with Crippen molar-refractivity contribution < 1.29 is 4.42 Å². The maximum Gasteiger partial charge on any atom is 0.245 e. The van der Waals surface area contributed by atoms with Gasteiger partial charge in [-0.05, 0) is 19.8 Å². The molecule has 0 saturated heterocycles. The molecule has 10 nitrogen and oxygen atoms in total. The first kappa shape index (κ1) is 19.4. The molecule has 4 aromatic heterocycles. The van der Waals surface area contributed by atoms with E-state index in [2.05, 4.69) is 30.8 Å². The van der Waals surface area contributed by atoms with Crippen molar-refractivity contribution in [1.29, 1.82) is 0 Å². The molecule has 5 heterocycles. The van der Waals surface area contributed by atoms with Crippen LogP contribution in [0.3, 0.4) is 0 Å². The van der Waals surface area contributed by atoms with E-state index in [1.54, 1.807) is 10.7 Å². The van der Waals surface area contributed by atoms with Crippen molar-refractivity contribution in [3.8, 4) is 11.6 Å². The lowest BCUT2D eigenvalue weighted by Crippen LogP contribution is -2.32. The largest absolute Gasteiger partial charge is 0.443 e. The zero-order valence-corrected chi connectivity index (χ0v) is 18.2. The average Bonchev–Trinajstić information content (AvgIpc) is 3.60. The van der Waals surface area contributed by atoms with E-state index in [1.807, 2.05) is 6.92 Å². The minimum atomic E-state index is 0.277. The van der Waals surface area contributed by atoms with Crippen LogP contribution >= 0.6 is 0 Å². The number of nitrogen functional groups attached to an aromatic ring is 1. The van der Waals surface area contributed by atoms with Gasteiger partial charge in [-0.3, -0.25) is 9.58 Å². The van der Waals surface area contributed by atoms with Crippen LogP contribution in [0, 0.1) is 6.92 Å². The highest BCUT2D eigenvalue weighted by Crippen LogP contribution is 2.30. The molecular formula is C22H27N9O. The molecule has 0 aromatic carbocycles. The molecule has 0 amide bonds. The van der Waals surface area contributed by atoms with Crippen LogP contribution in [-0.4, -0.2) is 52.3 Å². The van der Waals surface area contributed by atoms with E-state index in [0.29, 0.717) is 23.3 Å². The summed E-state index contributed by atoms with van der Waals surface area (Å²) in [5.41, 5.74) is 10.9. The van der Waals surface area contributed by atoms with Gasteiger partial charge >= 0.3 is 0 Å². The standard InChI is InChI=1S/C22H27N9O/c1-14-19(21-24-8-11-32-21)26-22(23)31-20(14)25-18(28-31)7-10-29-9-6-17-15(12-29)13-30(27-17)16-4-2-3-5-16/h8,11,13,16H,2-7,9-10,12H2,1H3,(H2,23,26). The third kappa shape index (κ3) is 3.35. The molecule has 6 rings (SSSR count). The number of hydrogen-bond acceptors (Lipinski definition) is 8. The third-order valence-electron chi connectivity index (χ3n) is 6.72. The van der Waals surface area contributed by atoms with Crippen molar-refractivity contribution in [3.05, 3.63) is 41.3 Å². The van der Waals surface area contributed by atoms with Crippen molar-refractivity contribution in [2.45, 2.75) is 58.0 Å². The van der Waals surface area contributed by atoms with Crippen LogP contribution in [0.25, 0.3) is 17.2 Å². The highest BCUT2D eigenvalue weighted by molar-refractivity contribution is 5.65. The van der Waals surface area contributed by atoms with E-state index in [4.69, 9.17) is 20.2 Å². The molecule has 0 atom stereocenters. The quantitative estimate of drug-likeness (QED) is 0.510. The number of aryl methyl sites for hydroxylation is 1. The molecular weight excluding hydrogens is 406 g/mol. The zero-order chi connectivity index (χ0) is 21.7. The van der Waals surface area contributed by atoms with E-state index in [1.165, 1.54) is 43.2 Å². The minimum Gasteiger partial charge on any atom is -0.443 e. The normalized spacial score (nSPS) is 17.4. The summed E-state index contributed by atoms with van der Waals surface area (Å²) in [6.07, 6.45) is 12.3. The smallest absolute Gasteiger partial charge is 0.245 e. The van der Waals surface area contributed by atoms with Crippen LogP contribution in [0.5, 0.6) is 0 Å². The van der Waals surface area contributed by atoms with Gasteiger partial charge in [0.05, 0.1) is 17.9 Å². The summed E-state index contributed by atoms with van der Waals surface area (Å²) in [5, 5.41) is 9.50. The fraction of sp³-hybridized carbons (Fsp3) is 0.500. The SMILES string of the molecule is Cc1c(-c2ncco2)nc(N)n2nc(CCN3CCc4nn(C5CCCC5)cc4C3)nc12. The van der Waals surface area contributed by atoms with E-state index in [0.717, 1.165) is 43.9 Å². The Morgan fingerprint density at radius 3 is 2.88 bits per heavy atom. The lowest BCUT2D eigenvalue weighted by atomic mass is 10.1. The third-order valence-corrected chi connectivity index (χ3v) is 6.72. The first-order chi connectivity index (χ1) is 15.7. The van der Waals surface area contributed by atoms with Crippen molar-refractivity contribution >= 4 is 11.6 Å². The molecule has 0 radical (unpaired) electrons. The van der Waals surface area contributed by atoms with Crippen LogP contribution in [0.4, 0.5) is 5.95 Å². The first-order valence-corrected chi connectivity index (χ1v) is 11.4. The molecule has 0 bridgehead atoms. The highest BCUT2D eigenvalue weighted by Gasteiger charge is 2.24. The Balaban J connectivity index is 1.17. The summed E-state index contributed by atoms with van der Waals surface area (Å²) in [5.74, 6) is 1.47. The molecule has 4 aromatic rings. The van der Waals surface area contributed by atoms with Crippen LogP contribution in [0.15, 0.2) is 23.1 Å². The lowest BCUT2D eigenvalue weighted by molar-refractivity contribution is 0.255. The summed E-state index contributed by atoms with van der Waals surface area (Å²) in [4.78, 5) is 15.8. The second-order valence-electron chi connectivity index (χ2n) is 8.84. The Labute approximate surface area is 185 Å². The summed E-state index contributed by atoms with van der Waals surface area (Å²) in [7, 11) is 0. The Bertz CT molecular complexity index is 1250. The van der Waals surface area contributed by atoms with Crippen molar-refractivity contribution in [2.75, 3.05) is 18.8 Å². The van der Waals surface area contributed by atoms with Crippen LogP contribution in [0.2, 0.25) is 0 Å². The van der Waals surface area contributed by atoms with Crippen LogP contribution in [-0.2, 0) is 19.4 Å². The maximum absolute atomic E-state index is 6.15. The van der Waals surface area contributed by atoms with Gasteiger partial charge < -0.3 is 10.2 Å². The number of nitrogens with two attached hydrogens (primary N) is 1. The van der Waals surface area contributed by atoms with Gasteiger partial charge in [-0.1, -0.05) is 12.8 Å². The molecule has 1 fully saturated rings. The van der Waals surface area contributed by atoms with E-state index >= 15 is 0 Å². The fourth-order valence-corrected chi connectivity index (χ4v) is 4.96. The summed E-state index contributed by atoms with van der Waals surface area (Å²) >= 11 is 0. The number of hydrogen-bond donors (Lipinski definition) is 1. The maximum atomic E-state index is 6.15. The Morgan fingerprint density at radius 1 is 1.19 bits per heavy atom. The number of aromatic nitrogens is 7. The Morgan fingerprint density at radius 2 is 2.06 bits per heavy atom. The molecule has 2 N–H and O–H groups in total. The summed E-state index contributed by atoms with van der Waals surface area (Å²) in [6.45, 7) is 4.78. The van der Waals surface area contributed by atoms with Crippen LogP contribution in [0.1, 0.15) is 54.4 Å². The van der Waals surface area contributed by atoms with Crippen LogP contribution < -0.4 is 5.73 Å². The molecule has 1 saturated carbocycles. The molecule has 0 unspecified atom stereocenters. The van der Waals surface area contributed by atoms with Crippen molar-refractivity contribution in [3.63, 3.8) is 0 Å². The monoisotopic (exact) mass is 433 g/mol. The van der Waals surface area contributed by atoms with Gasteiger partial charge in [0.2, 0.25) is 11.8 Å². The molecule has 1 aliphatic carbocycles. The fourth-order valence-electron chi connectivity index (χ4n) is 4.96. The molecule has 166 valence electrons. The number of oxazole rings is 1. The second-order valence-corrected chi connectivity index (χ2v) is 8.84. The minimum absolute atomic E-state index is 0.277. The number of anilines is 1. The molecule has 1 aliphatic heterocycles. The van der Waals surface area contributed by atoms with Gasteiger partial charge in [0.25, 0.3) is 0 Å². The predicted molar refractivity (Wildman–Crippen MR) is 118 cm³/mol. The van der Waals surface area contributed by atoms with Crippen molar-refractivity contribution in [2.24, 2.45) is 0 Å². The topological polar surface area (TPSA) is 116 Å². The molecule has 32 heavy (non-hydrogen) atoms. The number of fused-ring (bicyclic) bond motifs is 2. The lowest BCUT2D eigenvalue weighted by Gasteiger charge is -2.25. The van der Waals surface area contributed by atoms with Gasteiger partial charge in [-0.2, -0.15) is 9.61 Å². The van der Waals surface area contributed by atoms with Gasteiger partial charge in [-0.25, -0.2) is 15.0 Å². The Hall–Kier alpha value is -3.27. The van der Waals surface area contributed by atoms with Gasteiger partial charge in [0.1, 0.15) is 12.0 Å². The zero-order valence-electron chi connectivity index (χ0n) is 18.2. The predicted octanol–water partition coefficient (Wildman–Crippen LogP) is 2.58. The van der Waals surface area contributed by atoms with Crippen molar-refractivity contribution in [1.82, 2.24) is 39.2 Å². The first-order valence-electron chi connectivity index (χ1n) is 11.4. The molecule has 0 spiro atoms. The molecule has 2 aliphatic rings. The summed E-state index contributed by atoms with van der Waals surface area (Å²) in [6, 6.07) is 0.597. The number of rotatable bonds is 5.